The monoisotopic (exact) mass is 550 g/mol. The molecule has 1 saturated heterocycles. The normalized spacial score (nSPS) is 17.4. The van der Waals surface area contributed by atoms with Gasteiger partial charge in [0, 0.05) is 25.8 Å². The number of aryl methyl sites for hydroxylation is 2. The molecule has 0 saturated carbocycles. The molecule has 2 aliphatic rings. The zero-order chi connectivity index (χ0) is 28.8. The third kappa shape index (κ3) is 5.64. The second-order valence-corrected chi connectivity index (χ2v) is 12.0. The number of benzene rings is 1. The first kappa shape index (κ1) is 27.9. The predicted octanol–water partition coefficient (Wildman–Crippen LogP) is 7.69. The molecule has 0 unspecified atom stereocenters. The molecule has 0 spiro atoms. The molecule has 40 heavy (non-hydrogen) atoms. The van der Waals surface area contributed by atoms with E-state index in [1.807, 2.05) is 17.7 Å². The zero-order valence-electron chi connectivity index (χ0n) is 24.0. The van der Waals surface area contributed by atoms with Gasteiger partial charge in [0.15, 0.2) is 11.5 Å². The highest BCUT2D eigenvalue weighted by Gasteiger charge is 2.34. The van der Waals surface area contributed by atoms with E-state index in [1.54, 1.807) is 19.3 Å². The van der Waals surface area contributed by atoms with Crippen LogP contribution >= 0.6 is 0 Å². The van der Waals surface area contributed by atoms with Crippen molar-refractivity contribution in [1.29, 1.82) is 0 Å². The average molecular weight is 551 g/mol. The van der Waals surface area contributed by atoms with Crippen LogP contribution in [-0.2, 0) is 12.5 Å². The number of alkyl halides is 3. The lowest BCUT2D eigenvalue weighted by Crippen LogP contribution is -2.35. The first-order valence-electron chi connectivity index (χ1n) is 13.8. The predicted molar refractivity (Wildman–Crippen MR) is 155 cm³/mol. The second kappa shape index (κ2) is 10.4. The maximum absolute atomic E-state index is 13.4. The molecule has 1 fully saturated rings. The lowest BCUT2D eigenvalue weighted by Gasteiger charge is -2.33. The molecule has 5 rings (SSSR count). The van der Waals surface area contributed by atoms with E-state index < -0.39 is 11.7 Å². The highest BCUT2D eigenvalue weighted by Crippen LogP contribution is 2.36. The molecule has 212 valence electrons. The molecule has 2 aromatic heterocycles. The van der Waals surface area contributed by atoms with Gasteiger partial charge in [0.1, 0.15) is 5.52 Å². The van der Waals surface area contributed by atoms with Gasteiger partial charge in [-0.2, -0.15) is 23.1 Å². The van der Waals surface area contributed by atoms with E-state index in [9.17, 15) is 13.2 Å². The van der Waals surface area contributed by atoms with Crippen molar-refractivity contribution in [3.8, 4) is 0 Å². The summed E-state index contributed by atoms with van der Waals surface area (Å²) in [5, 5.41) is 3.57. The molecule has 9 heteroatoms. The fraction of sp³-hybridized carbons (Fsp3) is 0.452. The highest BCUT2D eigenvalue weighted by atomic mass is 19.4. The van der Waals surface area contributed by atoms with Crippen LogP contribution in [0.5, 0.6) is 0 Å². The number of anilines is 3. The summed E-state index contributed by atoms with van der Waals surface area (Å²) in [6.45, 7) is 11.7. The Balaban J connectivity index is 1.37. The van der Waals surface area contributed by atoms with Gasteiger partial charge in [-0.3, -0.25) is 0 Å². The second-order valence-electron chi connectivity index (χ2n) is 12.0. The van der Waals surface area contributed by atoms with Crippen molar-refractivity contribution < 1.29 is 13.2 Å². The number of piperidine rings is 1. The van der Waals surface area contributed by atoms with E-state index in [0.29, 0.717) is 42.5 Å². The molecule has 0 radical (unpaired) electrons. The van der Waals surface area contributed by atoms with Crippen LogP contribution in [0.2, 0.25) is 0 Å². The Bertz CT molecular complexity index is 1510. The van der Waals surface area contributed by atoms with Gasteiger partial charge in [0.25, 0.3) is 0 Å². The summed E-state index contributed by atoms with van der Waals surface area (Å²) in [4.78, 5) is 16.4. The lowest BCUT2D eigenvalue weighted by molar-refractivity contribution is -0.0890. The van der Waals surface area contributed by atoms with Crippen molar-refractivity contribution in [3.05, 3.63) is 70.6 Å². The van der Waals surface area contributed by atoms with Crippen LogP contribution in [0.15, 0.2) is 59.5 Å². The quantitative estimate of drug-likeness (QED) is 0.361. The zero-order valence-corrected chi connectivity index (χ0v) is 24.0. The van der Waals surface area contributed by atoms with Crippen molar-refractivity contribution in [1.82, 2.24) is 19.5 Å². The van der Waals surface area contributed by atoms with Gasteiger partial charge in [-0.05, 0) is 73.3 Å². The molecule has 1 aliphatic heterocycles. The number of hydrogen-bond donors (Lipinski definition) is 1. The summed E-state index contributed by atoms with van der Waals surface area (Å²) in [6, 6.07) is 6.47. The van der Waals surface area contributed by atoms with Crippen LogP contribution in [0, 0.1) is 12.8 Å². The Morgan fingerprint density at radius 3 is 2.40 bits per heavy atom. The van der Waals surface area contributed by atoms with Gasteiger partial charge in [0.2, 0.25) is 5.95 Å². The number of halogens is 3. The SMILES string of the molecule is CC1=C(C(F)(F)F)C=CC(C2CCN(c3nc(Nc4cc(C(C)(C)C)ccc4C)c4c(ncn4C)n3)CC2)=CC1. The third-order valence-electron chi connectivity index (χ3n) is 8.02. The minimum atomic E-state index is -4.33. The lowest BCUT2D eigenvalue weighted by atomic mass is 9.86. The number of nitrogens with one attached hydrogen (secondary N) is 1. The Hall–Kier alpha value is -3.62. The van der Waals surface area contributed by atoms with Crippen LogP contribution in [0.3, 0.4) is 0 Å². The molecular weight excluding hydrogens is 513 g/mol. The number of allylic oxidation sites excluding steroid dienone is 6. The summed E-state index contributed by atoms with van der Waals surface area (Å²) < 4.78 is 42.1. The van der Waals surface area contributed by atoms with E-state index >= 15 is 0 Å². The maximum Gasteiger partial charge on any atom is 0.416 e. The summed E-state index contributed by atoms with van der Waals surface area (Å²) in [7, 11) is 1.93. The first-order valence-corrected chi connectivity index (χ1v) is 13.8. The van der Waals surface area contributed by atoms with E-state index in [2.05, 4.69) is 61.1 Å². The first-order chi connectivity index (χ1) is 18.8. The Morgan fingerprint density at radius 1 is 1.00 bits per heavy atom. The summed E-state index contributed by atoms with van der Waals surface area (Å²) in [5.41, 5.74) is 5.61. The minimum Gasteiger partial charge on any atom is -0.341 e. The van der Waals surface area contributed by atoms with Gasteiger partial charge < -0.3 is 14.8 Å². The highest BCUT2D eigenvalue weighted by molar-refractivity contribution is 5.87. The topological polar surface area (TPSA) is 58.9 Å². The molecule has 0 amide bonds. The molecule has 3 heterocycles. The number of fused-ring (bicyclic) bond motifs is 1. The maximum atomic E-state index is 13.4. The Labute approximate surface area is 233 Å². The van der Waals surface area contributed by atoms with Gasteiger partial charge in [-0.25, -0.2) is 4.98 Å². The van der Waals surface area contributed by atoms with Crippen molar-refractivity contribution in [2.75, 3.05) is 23.3 Å². The minimum absolute atomic E-state index is 0.0121. The van der Waals surface area contributed by atoms with Crippen LogP contribution in [0.4, 0.5) is 30.6 Å². The van der Waals surface area contributed by atoms with Crippen LogP contribution < -0.4 is 10.2 Å². The number of imidazole rings is 1. The van der Waals surface area contributed by atoms with Crippen LogP contribution in [0.25, 0.3) is 11.2 Å². The smallest absolute Gasteiger partial charge is 0.341 e. The number of rotatable bonds is 4. The number of aromatic nitrogens is 4. The molecule has 3 aromatic rings. The van der Waals surface area contributed by atoms with Gasteiger partial charge in [-0.15, -0.1) is 0 Å². The van der Waals surface area contributed by atoms with E-state index in [-0.39, 0.29) is 11.3 Å². The molecular formula is C31H37F3N6. The van der Waals surface area contributed by atoms with Crippen LogP contribution in [0.1, 0.15) is 58.1 Å². The molecule has 6 nitrogen and oxygen atoms in total. The third-order valence-corrected chi connectivity index (χ3v) is 8.02. The number of nitrogens with zero attached hydrogens (tertiary/aromatic N) is 5. The van der Waals surface area contributed by atoms with Crippen LogP contribution in [-0.4, -0.2) is 38.8 Å². The van der Waals surface area contributed by atoms with Crippen molar-refractivity contribution in [2.24, 2.45) is 13.0 Å². The summed E-state index contributed by atoms with van der Waals surface area (Å²) in [6.07, 6.45) is 4.23. The molecule has 1 aliphatic carbocycles. The Kier molecular flexibility index (Phi) is 7.27. The van der Waals surface area contributed by atoms with E-state index in [1.165, 1.54) is 11.6 Å². The standard InChI is InChI=1S/C31H37F3N6/c1-19-7-9-21(10-12-24(19)31(32,33)34)22-13-15-40(16-14-22)29-37-27-26(39(6)18-35-27)28(38-29)36-25-17-23(30(3,4)5)11-8-20(25)2/h8-12,17-18,22H,7,13-16H2,1-6H3,(H,36,37,38). The molecule has 0 bridgehead atoms. The fourth-order valence-corrected chi connectivity index (χ4v) is 5.45. The number of hydrogen-bond acceptors (Lipinski definition) is 5. The van der Waals surface area contributed by atoms with Crippen molar-refractivity contribution >= 4 is 28.6 Å². The molecule has 1 aromatic carbocycles. The van der Waals surface area contributed by atoms with E-state index in [4.69, 9.17) is 9.97 Å². The summed E-state index contributed by atoms with van der Waals surface area (Å²) in [5.74, 6) is 1.51. The molecule has 0 atom stereocenters. The van der Waals surface area contributed by atoms with E-state index in [0.717, 1.165) is 35.2 Å². The fourth-order valence-electron chi connectivity index (χ4n) is 5.45. The largest absolute Gasteiger partial charge is 0.416 e. The van der Waals surface area contributed by atoms with Gasteiger partial charge in [0.05, 0.1) is 11.9 Å². The Morgan fingerprint density at radius 2 is 1.73 bits per heavy atom. The van der Waals surface area contributed by atoms with Crippen molar-refractivity contribution in [3.63, 3.8) is 0 Å². The van der Waals surface area contributed by atoms with Crippen molar-refractivity contribution in [2.45, 2.75) is 65.5 Å². The summed E-state index contributed by atoms with van der Waals surface area (Å²) >= 11 is 0. The van der Waals surface area contributed by atoms with Gasteiger partial charge >= 0.3 is 6.18 Å². The average Bonchev–Trinajstić information content (AvgIpc) is 3.14. The molecule has 1 N–H and O–H groups in total. The van der Waals surface area contributed by atoms with Gasteiger partial charge in [-0.1, -0.05) is 50.6 Å².